The van der Waals surface area contributed by atoms with Crippen LogP contribution in [0.1, 0.15) is 57.1 Å². The summed E-state index contributed by atoms with van der Waals surface area (Å²) < 4.78 is 0.487. The second-order valence-corrected chi connectivity index (χ2v) is 6.97. The van der Waals surface area contributed by atoms with E-state index in [4.69, 9.17) is 0 Å². The largest absolute Gasteiger partial charge is 0.309 e. The average molecular weight is 277 g/mol. The molecule has 1 saturated carbocycles. The molecule has 106 valence electrons. The van der Waals surface area contributed by atoms with Crippen LogP contribution in [0.3, 0.4) is 0 Å². The molecule has 0 aromatic heterocycles. The number of thioether (sulfide) groups is 1. The van der Waals surface area contributed by atoms with Crippen LogP contribution in [-0.2, 0) is 0 Å². The Morgan fingerprint density at radius 1 is 1.16 bits per heavy atom. The van der Waals surface area contributed by atoms with Crippen molar-refractivity contribution in [2.45, 2.75) is 56.2 Å². The molecule has 1 nitrogen and oxygen atoms in total. The first kappa shape index (κ1) is 14.9. The van der Waals surface area contributed by atoms with Crippen LogP contribution >= 0.6 is 11.8 Å². The molecule has 2 rings (SSSR count). The molecule has 1 fully saturated rings. The number of nitrogens with one attached hydrogen (secondary N) is 1. The summed E-state index contributed by atoms with van der Waals surface area (Å²) in [5.74, 6) is 0. The highest BCUT2D eigenvalue weighted by molar-refractivity contribution is 8.00. The molecule has 0 spiro atoms. The Kier molecular flexibility index (Phi) is 5.77. The molecule has 0 bridgehead atoms. The summed E-state index contributed by atoms with van der Waals surface area (Å²) in [4.78, 5) is 0. The third kappa shape index (κ3) is 4.00. The predicted octanol–water partition coefficient (Wildman–Crippen LogP) is 4.79. The minimum Gasteiger partial charge on any atom is -0.309 e. The van der Waals surface area contributed by atoms with Crippen molar-refractivity contribution in [2.75, 3.05) is 12.8 Å². The van der Waals surface area contributed by atoms with Gasteiger partial charge in [0.05, 0.1) is 0 Å². The average Bonchev–Trinajstić information content (AvgIpc) is 2.50. The molecule has 1 atom stereocenters. The summed E-state index contributed by atoms with van der Waals surface area (Å²) in [6.45, 7) is 3.43. The van der Waals surface area contributed by atoms with Crippen LogP contribution in [0, 0.1) is 0 Å². The first-order valence-corrected chi connectivity index (χ1v) is 8.85. The zero-order valence-corrected chi connectivity index (χ0v) is 13.1. The summed E-state index contributed by atoms with van der Waals surface area (Å²) in [6, 6.07) is 11.4. The van der Waals surface area contributed by atoms with Gasteiger partial charge in [-0.1, -0.05) is 56.5 Å². The smallest absolute Gasteiger partial charge is 0.0318 e. The highest BCUT2D eigenvalue weighted by Crippen LogP contribution is 2.38. The zero-order valence-electron chi connectivity index (χ0n) is 12.3. The molecule has 0 amide bonds. The number of benzene rings is 1. The standard InChI is InChI=1S/C17H27NS/c1-3-16(15-10-6-4-7-11-15)18-14-17(19-2)12-8-5-9-13-17/h4,6-7,10-11,16,18H,3,5,8-9,12-14H2,1-2H3. The van der Waals surface area contributed by atoms with Gasteiger partial charge < -0.3 is 5.32 Å². The zero-order chi connectivity index (χ0) is 13.6. The third-order valence-corrected chi connectivity index (χ3v) is 5.90. The Labute approximate surface area is 122 Å². The van der Waals surface area contributed by atoms with Gasteiger partial charge in [-0.25, -0.2) is 0 Å². The second-order valence-electron chi connectivity index (χ2n) is 5.70. The first-order chi connectivity index (χ1) is 9.29. The maximum atomic E-state index is 3.83. The fraction of sp³-hybridized carbons (Fsp3) is 0.647. The van der Waals surface area contributed by atoms with Gasteiger partial charge in [0.25, 0.3) is 0 Å². The predicted molar refractivity (Wildman–Crippen MR) is 86.8 cm³/mol. The molecule has 19 heavy (non-hydrogen) atoms. The van der Waals surface area contributed by atoms with Crippen LogP contribution in [0.5, 0.6) is 0 Å². The van der Waals surface area contributed by atoms with Crippen molar-refractivity contribution in [3.8, 4) is 0 Å². The summed E-state index contributed by atoms with van der Waals surface area (Å²) in [5, 5.41) is 3.83. The topological polar surface area (TPSA) is 12.0 Å². The van der Waals surface area contributed by atoms with E-state index in [0.29, 0.717) is 10.8 Å². The van der Waals surface area contributed by atoms with Gasteiger partial charge >= 0.3 is 0 Å². The number of rotatable bonds is 6. The minimum atomic E-state index is 0.487. The maximum Gasteiger partial charge on any atom is 0.0318 e. The van der Waals surface area contributed by atoms with Gasteiger partial charge in [0.2, 0.25) is 0 Å². The van der Waals surface area contributed by atoms with E-state index in [-0.39, 0.29) is 0 Å². The van der Waals surface area contributed by atoms with Crippen molar-refractivity contribution in [1.29, 1.82) is 0 Å². The van der Waals surface area contributed by atoms with Crippen molar-refractivity contribution in [3.05, 3.63) is 35.9 Å². The second kappa shape index (κ2) is 7.35. The van der Waals surface area contributed by atoms with E-state index in [1.165, 1.54) is 37.7 Å². The van der Waals surface area contributed by atoms with Gasteiger partial charge in [-0.15, -0.1) is 0 Å². The summed E-state index contributed by atoms with van der Waals surface area (Å²) >= 11 is 2.08. The van der Waals surface area contributed by atoms with Crippen molar-refractivity contribution < 1.29 is 0 Å². The Morgan fingerprint density at radius 3 is 2.42 bits per heavy atom. The van der Waals surface area contributed by atoms with Crippen LogP contribution in [0.25, 0.3) is 0 Å². The molecule has 1 N–H and O–H groups in total. The lowest BCUT2D eigenvalue weighted by Gasteiger charge is -2.37. The normalized spacial score (nSPS) is 20.1. The van der Waals surface area contributed by atoms with Crippen molar-refractivity contribution in [1.82, 2.24) is 5.32 Å². The molecule has 1 aromatic carbocycles. The Morgan fingerprint density at radius 2 is 1.84 bits per heavy atom. The van der Waals surface area contributed by atoms with E-state index in [1.807, 2.05) is 0 Å². The van der Waals surface area contributed by atoms with Crippen LogP contribution in [-0.4, -0.2) is 17.5 Å². The van der Waals surface area contributed by atoms with E-state index in [1.54, 1.807) is 0 Å². The Bertz CT molecular complexity index is 357. The highest BCUT2D eigenvalue weighted by atomic mass is 32.2. The summed E-state index contributed by atoms with van der Waals surface area (Å²) in [6.07, 6.45) is 10.5. The van der Waals surface area contributed by atoms with E-state index in [9.17, 15) is 0 Å². The highest BCUT2D eigenvalue weighted by Gasteiger charge is 2.31. The first-order valence-electron chi connectivity index (χ1n) is 7.63. The fourth-order valence-corrected chi connectivity index (χ4v) is 4.07. The van der Waals surface area contributed by atoms with Crippen LogP contribution in [0.2, 0.25) is 0 Å². The number of hydrogen-bond donors (Lipinski definition) is 1. The lowest BCUT2D eigenvalue weighted by molar-refractivity contribution is 0.360. The molecule has 0 aliphatic heterocycles. The van der Waals surface area contributed by atoms with Gasteiger partial charge in [-0.05, 0) is 31.1 Å². The van der Waals surface area contributed by atoms with E-state index >= 15 is 0 Å². The summed E-state index contributed by atoms with van der Waals surface area (Å²) in [7, 11) is 0. The molecule has 1 aromatic rings. The Balaban J connectivity index is 1.95. The van der Waals surface area contributed by atoms with Gasteiger partial charge in [-0.3, -0.25) is 0 Å². The van der Waals surface area contributed by atoms with E-state index in [0.717, 1.165) is 13.0 Å². The van der Waals surface area contributed by atoms with Gasteiger partial charge in [0.1, 0.15) is 0 Å². The van der Waals surface area contributed by atoms with Crippen LogP contribution < -0.4 is 5.32 Å². The monoisotopic (exact) mass is 277 g/mol. The molecule has 1 aliphatic carbocycles. The quantitative estimate of drug-likeness (QED) is 0.802. The van der Waals surface area contributed by atoms with Gasteiger partial charge in [0.15, 0.2) is 0 Å². The molecule has 0 heterocycles. The number of hydrogen-bond acceptors (Lipinski definition) is 2. The van der Waals surface area contributed by atoms with Crippen molar-refractivity contribution in [2.24, 2.45) is 0 Å². The van der Waals surface area contributed by atoms with E-state index in [2.05, 4.69) is 60.6 Å². The minimum absolute atomic E-state index is 0.487. The van der Waals surface area contributed by atoms with Crippen molar-refractivity contribution in [3.63, 3.8) is 0 Å². The molecule has 0 saturated heterocycles. The molecule has 0 radical (unpaired) electrons. The molecular formula is C17H27NS. The van der Waals surface area contributed by atoms with Crippen molar-refractivity contribution >= 4 is 11.8 Å². The SMILES string of the molecule is CCC(NCC1(SC)CCCCC1)c1ccccc1. The molecular weight excluding hydrogens is 250 g/mol. The van der Waals surface area contributed by atoms with Crippen LogP contribution in [0.15, 0.2) is 30.3 Å². The lowest BCUT2D eigenvalue weighted by Crippen LogP contribution is -2.40. The lowest BCUT2D eigenvalue weighted by atomic mass is 9.87. The third-order valence-electron chi connectivity index (χ3n) is 4.48. The van der Waals surface area contributed by atoms with Crippen LogP contribution in [0.4, 0.5) is 0 Å². The summed E-state index contributed by atoms with van der Waals surface area (Å²) in [5.41, 5.74) is 1.43. The van der Waals surface area contributed by atoms with E-state index < -0.39 is 0 Å². The fourth-order valence-electron chi connectivity index (χ4n) is 3.14. The maximum absolute atomic E-state index is 3.83. The molecule has 1 unspecified atom stereocenters. The Hall–Kier alpha value is -0.470. The van der Waals surface area contributed by atoms with Gasteiger partial charge in [0, 0.05) is 17.3 Å². The molecule has 1 aliphatic rings. The van der Waals surface area contributed by atoms with Gasteiger partial charge in [-0.2, -0.15) is 11.8 Å². The molecule has 2 heteroatoms.